The molecule has 0 rings (SSSR count). The van der Waals surface area contributed by atoms with Gasteiger partial charge in [0, 0.05) is 0 Å². The third-order valence-corrected chi connectivity index (χ3v) is 21.4. The molecule has 0 aromatic rings. The van der Waals surface area contributed by atoms with E-state index >= 15 is 0 Å². The maximum atomic E-state index is 2.57. The summed E-state index contributed by atoms with van der Waals surface area (Å²) in [5.74, 6) is 9.06. The molecule has 0 amide bonds. The number of unbranched alkanes of at least 4 members (excludes halogenated alkanes) is 4. The Balaban J connectivity index is 5.98. The molecule has 138 valence electrons. The molecule has 0 bridgehead atoms. The number of rotatable bonds is 15. The first-order valence-electron chi connectivity index (χ1n) is 10.1. The fraction of sp³-hybridized carbons (Fsp3) is 1.00. The van der Waals surface area contributed by atoms with Crippen LogP contribution in [0.15, 0.2) is 0 Å². The highest BCUT2D eigenvalue weighted by Gasteiger charge is 2.56. The molecule has 0 saturated heterocycles. The van der Waals surface area contributed by atoms with Crippen molar-refractivity contribution in [2.75, 3.05) is 34.5 Å². The highest BCUT2D eigenvalue weighted by Crippen LogP contribution is 2.97. The Hall–Kier alpha value is 0.700. The second-order valence-corrected chi connectivity index (χ2v) is 20.1. The quantitative estimate of drug-likeness (QED) is 0.272. The van der Waals surface area contributed by atoms with Gasteiger partial charge in [-0.2, -0.15) is 0 Å². The average Bonchev–Trinajstić information content (AvgIpc) is 2.56. The van der Waals surface area contributed by atoms with Crippen molar-refractivity contribution in [3.8, 4) is 0 Å². The van der Waals surface area contributed by atoms with Crippen LogP contribution in [0.4, 0.5) is 0 Å². The van der Waals surface area contributed by atoms with Gasteiger partial charge in [-0.3, -0.25) is 0 Å². The lowest BCUT2D eigenvalue weighted by Gasteiger charge is -2.80. The summed E-state index contributed by atoms with van der Waals surface area (Å²) in [5.41, 5.74) is 0. The summed E-state index contributed by atoms with van der Waals surface area (Å²) in [4.78, 5) is 0. The molecule has 0 unspecified atom stereocenters. The van der Waals surface area contributed by atoms with Crippen molar-refractivity contribution in [2.45, 2.75) is 92.9 Å². The summed E-state index contributed by atoms with van der Waals surface area (Å²) in [5, 5.41) is 0. The van der Waals surface area contributed by atoms with Gasteiger partial charge in [0.25, 0.3) is 0 Å². The molecule has 0 spiro atoms. The van der Waals surface area contributed by atoms with Crippen LogP contribution in [0.2, 0.25) is 0 Å². The fourth-order valence-electron chi connectivity index (χ4n) is 4.37. The van der Waals surface area contributed by atoms with Crippen LogP contribution in [0.3, 0.4) is 0 Å². The third kappa shape index (κ3) is 5.10. The minimum atomic E-state index is -1.98. The van der Waals surface area contributed by atoms with Crippen LogP contribution in [0.1, 0.15) is 92.9 Å². The first-order chi connectivity index (χ1) is 10.5. The molecule has 0 aromatic carbocycles. The van der Waals surface area contributed by atoms with Crippen LogP contribution < -0.4 is 0 Å². The Morgan fingerprint density at radius 1 is 0.545 bits per heavy atom. The average molecular weight is 351 g/mol. The van der Waals surface area contributed by atoms with E-state index in [2.05, 4.69) is 52.3 Å². The number of hydrogen-bond donors (Lipinski definition) is 0. The van der Waals surface area contributed by atoms with Gasteiger partial charge in [-0.25, -0.2) is 7.33 Å². The summed E-state index contributed by atoms with van der Waals surface area (Å²) in [6.07, 6.45) is 11.3. The van der Waals surface area contributed by atoms with Gasteiger partial charge in [0.05, 0.1) is 0 Å². The number of hydrogen-bond acceptors (Lipinski definition) is 1. The van der Waals surface area contributed by atoms with Gasteiger partial charge in [0.15, 0.2) is 0 Å². The Labute approximate surface area is 145 Å². The molecule has 0 aliphatic rings. The molecule has 0 aliphatic carbocycles. The predicted octanol–water partition coefficient (Wildman–Crippen LogP) is 7.75. The summed E-state index contributed by atoms with van der Waals surface area (Å²) in [6.45, 7) is 14.6. The monoisotopic (exact) mass is 350 g/mol. The highest BCUT2D eigenvalue weighted by molar-refractivity contribution is 9.13. The normalized spacial score (nSPS) is 15.5. The molecule has 2 heteroatoms. The Kier molecular flexibility index (Phi) is 10.2. The van der Waals surface area contributed by atoms with Crippen LogP contribution >= 0.6 is 18.1 Å². The lowest BCUT2D eigenvalue weighted by atomic mass is 10.4. The van der Waals surface area contributed by atoms with E-state index in [1.165, 1.54) is 62.9 Å². The van der Waals surface area contributed by atoms with E-state index in [1.807, 2.05) is 0 Å². The topological polar surface area (TPSA) is 0 Å². The van der Waals surface area contributed by atoms with E-state index in [1.54, 1.807) is 23.0 Å². The molecule has 0 aromatic heterocycles. The Bertz CT molecular complexity index is 249. The van der Waals surface area contributed by atoms with Crippen LogP contribution in [-0.4, -0.2) is 34.5 Å². The lowest BCUT2D eigenvalue weighted by Crippen LogP contribution is -2.47. The smallest absolute Gasteiger partial charge is 0.00190 e. The van der Waals surface area contributed by atoms with Gasteiger partial charge in [-0.1, -0.05) is 67.2 Å². The summed E-state index contributed by atoms with van der Waals surface area (Å²) < 4.78 is 0. The molecule has 0 aliphatic heterocycles. The molecule has 0 atom stereocenters. The maximum Gasteiger partial charge on any atom is -0.00190 e. The summed E-state index contributed by atoms with van der Waals surface area (Å²) in [6, 6.07) is 0. The van der Waals surface area contributed by atoms with Crippen LogP contribution in [0.25, 0.3) is 0 Å². The summed E-state index contributed by atoms with van der Waals surface area (Å²) in [7, 11) is 0.512. The van der Waals surface area contributed by atoms with Crippen molar-refractivity contribution in [2.24, 2.45) is 0 Å². The van der Waals surface area contributed by atoms with E-state index in [0.29, 0.717) is 0 Å². The zero-order valence-corrected chi connectivity index (χ0v) is 18.3. The van der Waals surface area contributed by atoms with E-state index in [-0.39, 0.29) is 0 Å². The largest absolute Gasteiger partial charge is 0.238 e. The van der Waals surface area contributed by atoms with Crippen molar-refractivity contribution >= 4 is 18.1 Å². The zero-order chi connectivity index (χ0) is 17.0. The second-order valence-electron chi connectivity index (χ2n) is 7.56. The predicted molar refractivity (Wildman–Crippen MR) is 115 cm³/mol. The summed E-state index contributed by atoms with van der Waals surface area (Å²) >= 11 is 0. The maximum absolute atomic E-state index is 2.57. The fourth-order valence-corrected chi connectivity index (χ4v) is 18.9. The third-order valence-electron chi connectivity index (χ3n) is 6.10. The van der Waals surface area contributed by atoms with E-state index in [4.69, 9.17) is 0 Å². The van der Waals surface area contributed by atoms with Crippen molar-refractivity contribution in [1.82, 2.24) is 0 Å². The molecule has 0 nitrogen and oxygen atoms in total. The lowest BCUT2D eigenvalue weighted by molar-refractivity contribution is 0.809. The van der Waals surface area contributed by atoms with Crippen molar-refractivity contribution in [3.63, 3.8) is 0 Å². The van der Waals surface area contributed by atoms with E-state index < -0.39 is 7.33 Å². The van der Waals surface area contributed by atoms with Gasteiger partial charge in [0.2, 0.25) is 0 Å². The van der Waals surface area contributed by atoms with Crippen molar-refractivity contribution < 1.29 is 0 Å². The molecule has 0 N–H and O–H groups in total. The molecule has 0 saturated carbocycles. The standard InChI is InChI=1S/C20H46S2/c1-7-13-17-22(12-6,21-11-5,18-14-8-2,19-15-9-3)20-16-10-4/h7-20H2,1-6H3. The van der Waals surface area contributed by atoms with Gasteiger partial charge < -0.3 is 0 Å². The van der Waals surface area contributed by atoms with Gasteiger partial charge in [-0.15, -0.1) is 10.8 Å². The highest BCUT2D eigenvalue weighted by atomic mass is 33.2. The molecule has 0 radical (unpaired) electrons. The Morgan fingerprint density at radius 2 is 0.864 bits per heavy atom. The van der Waals surface area contributed by atoms with E-state index in [9.17, 15) is 0 Å². The Morgan fingerprint density at radius 3 is 1.05 bits per heavy atom. The van der Waals surface area contributed by atoms with Crippen molar-refractivity contribution in [1.29, 1.82) is 0 Å². The minimum Gasteiger partial charge on any atom is -0.238 e. The van der Waals surface area contributed by atoms with Gasteiger partial charge >= 0.3 is 0 Å². The van der Waals surface area contributed by atoms with Crippen LogP contribution in [0.5, 0.6) is 0 Å². The van der Waals surface area contributed by atoms with Crippen molar-refractivity contribution in [3.05, 3.63) is 0 Å². The first kappa shape index (κ1) is 22.7. The minimum absolute atomic E-state index is 1.33. The van der Waals surface area contributed by atoms with Crippen LogP contribution in [-0.2, 0) is 0 Å². The molecule has 0 heterocycles. The van der Waals surface area contributed by atoms with Crippen LogP contribution in [0, 0.1) is 0 Å². The first-order valence-corrected chi connectivity index (χ1v) is 14.9. The molecular weight excluding hydrogens is 304 g/mol. The SMILES string of the molecule is CCCCS(CC)(CCCC)(CCCC)(CCCC)SCC. The zero-order valence-electron chi connectivity index (χ0n) is 16.7. The molecule has 22 heavy (non-hydrogen) atoms. The van der Waals surface area contributed by atoms with Gasteiger partial charge in [0.1, 0.15) is 0 Å². The van der Waals surface area contributed by atoms with Gasteiger partial charge in [-0.05, 0) is 60.2 Å². The van der Waals surface area contributed by atoms with E-state index in [0.717, 1.165) is 0 Å². The molecular formula is C20H46S2. The molecule has 0 fully saturated rings. The second kappa shape index (κ2) is 9.87.